The molecule has 4 saturated heterocycles. The van der Waals surface area contributed by atoms with Gasteiger partial charge in [-0.3, -0.25) is 0 Å². The lowest BCUT2D eigenvalue weighted by Gasteiger charge is -2.26. The van der Waals surface area contributed by atoms with Crippen LogP contribution in [-0.4, -0.2) is 149 Å². The number of halogens is 1. The number of thiazole rings is 1. The molecule has 0 spiro atoms. The summed E-state index contributed by atoms with van der Waals surface area (Å²) in [6.45, 7) is 28.2. The topological polar surface area (TPSA) is 62.8 Å². The standard InChI is InChI=1S/C17H26ClNO.C17H27NO.C15H20N2OS.C14H29NO/c18-17-9-7-16(8-10-17)6-4-14-20-15-5-13-19-11-2-1-3-12-19;1-3-9-17(10-4-1)11-7-15-19-16-8-14-18-12-5-2-6-13-18;1-4-9-17(10-5-1)11-6-12-18-15-16-13-7-2-3-8-14(13)19-15;1-14(2,3)8-13-16-12-7-11-15-9-5-4-6-10-15/h7-10H,1-6,11-15H2;1,3-4,9-10H,2,5-8,11-16H2;2-3,7-8H,1,4-6,9-12H2;4-13H2,1-3H3. The minimum Gasteiger partial charge on any atom is -0.470 e. The zero-order valence-electron chi connectivity index (χ0n) is 46.9. The highest BCUT2D eigenvalue weighted by Gasteiger charge is 2.13. The number of rotatable bonds is 27. The average molecular weight is 1060 g/mol. The molecule has 416 valence electrons. The predicted molar refractivity (Wildman–Crippen MR) is 316 cm³/mol. The minimum absolute atomic E-state index is 0.410. The molecule has 3 aromatic carbocycles. The van der Waals surface area contributed by atoms with Crippen molar-refractivity contribution in [3.05, 3.63) is 95.0 Å². The second-order valence-corrected chi connectivity index (χ2v) is 23.7. The van der Waals surface area contributed by atoms with Gasteiger partial charge in [0.25, 0.3) is 5.19 Å². The Morgan fingerprint density at radius 1 is 0.446 bits per heavy atom. The summed E-state index contributed by atoms with van der Waals surface area (Å²) in [5.74, 6) is 0. The summed E-state index contributed by atoms with van der Waals surface area (Å²) in [5.41, 5.74) is 4.21. The van der Waals surface area contributed by atoms with Crippen molar-refractivity contribution in [2.75, 3.05) is 125 Å². The third kappa shape index (κ3) is 30.3. The van der Waals surface area contributed by atoms with Gasteiger partial charge >= 0.3 is 0 Å². The third-order valence-corrected chi connectivity index (χ3v) is 15.7. The van der Waals surface area contributed by atoms with Gasteiger partial charge in [0.15, 0.2) is 0 Å². The number of hydrogen-bond acceptors (Lipinski definition) is 10. The summed E-state index contributed by atoms with van der Waals surface area (Å²) < 4.78 is 24.1. The number of likely N-dealkylation sites (tertiary alicyclic amines) is 4. The smallest absolute Gasteiger partial charge is 0.274 e. The van der Waals surface area contributed by atoms with Gasteiger partial charge in [-0.2, -0.15) is 0 Å². The summed E-state index contributed by atoms with van der Waals surface area (Å²) >= 11 is 7.50. The highest BCUT2D eigenvalue weighted by atomic mass is 35.5. The molecule has 74 heavy (non-hydrogen) atoms. The number of aromatic nitrogens is 1. The molecule has 9 nitrogen and oxygen atoms in total. The Hall–Kier alpha value is -2.64. The van der Waals surface area contributed by atoms with Gasteiger partial charge in [-0.25, -0.2) is 4.98 Å². The molecular formula is C63H102ClN5O4S. The molecule has 0 amide bonds. The summed E-state index contributed by atoms with van der Waals surface area (Å²) in [6.07, 6.45) is 26.9. The van der Waals surface area contributed by atoms with E-state index in [2.05, 4.69) is 93.9 Å². The van der Waals surface area contributed by atoms with Crippen LogP contribution in [0.1, 0.15) is 154 Å². The zero-order valence-corrected chi connectivity index (χ0v) is 48.5. The molecule has 8 rings (SSSR count). The van der Waals surface area contributed by atoms with Crippen LogP contribution < -0.4 is 4.74 Å². The van der Waals surface area contributed by atoms with E-state index in [0.29, 0.717) is 5.41 Å². The quantitative estimate of drug-likeness (QED) is 0.0544. The van der Waals surface area contributed by atoms with E-state index in [1.165, 1.54) is 184 Å². The van der Waals surface area contributed by atoms with Crippen molar-refractivity contribution in [3.8, 4) is 5.19 Å². The Bertz CT molecular complexity index is 1870. The summed E-state index contributed by atoms with van der Waals surface area (Å²) in [4.78, 5) is 14.8. The van der Waals surface area contributed by atoms with Crippen LogP contribution in [0.5, 0.6) is 5.19 Å². The summed E-state index contributed by atoms with van der Waals surface area (Å²) in [6, 6.07) is 26.9. The number of hydrogen-bond donors (Lipinski definition) is 0. The number of benzene rings is 3. The number of fused-ring (bicyclic) bond motifs is 1. The molecule has 0 atom stereocenters. The maximum Gasteiger partial charge on any atom is 0.274 e. The fraction of sp³-hybridized carbons (Fsp3) is 0.698. The van der Waals surface area contributed by atoms with Crippen molar-refractivity contribution in [1.29, 1.82) is 0 Å². The second kappa shape index (κ2) is 39.7. The maximum absolute atomic E-state index is 5.87. The van der Waals surface area contributed by atoms with Crippen molar-refractivity contribution in [3.63, 3.8) is 0 Å². The van der Waals surface area contributed by atoms with Gasteiger partial charge in [0, 0.05) is 70.8 Å². The Balaban J connectivity index is 0.000000183. The molecule has 4 aromatic rings. The minimum atomic E-state index is 0.410. The Morgan fingerprint density at radius 3 is 1.28 bits per heavy atom. The summed E-state index contributed by atoms with van der Waals surface area (Å²) in [7, 11) is 0. The van der Waals surface area contributed by atoms with E-state index in [1.54, 1.807) is 11.3 Å². The van der Waals surface area contributed by atoms with Crippen LogP contribution in [0.3, 0.4) is 0 Å². The third-order valence-electron chi connectivity index (χ3n) is 14.5. The molecule has 0 N–H and O–H groups in total. The molecule has 4 aliphatic heterocycles. The SMILES string of the molecule is CC(C)(C)CCOCCCN1CCCCC1.Clc1ccc(CCCOCCCN2CCCCC2)cc1.c1ccc(CCCOCCCN2CCCCC2)cc1.c1ccc2sc(OCCCN3CCCCC3)nc2c1. The van der Waals surface area contributed by atoms with Gasteiger partial charge < -0.3 is 38.5 Å². The predicted octanol–water partition coefficient (Wildman–Crippen LogP) is 14.5. The lowest BCUT2D eigenvalue weighted by atomic mass is 9.93. The van der Waals surface area contributed by atoms with Crippen LogP contribution in [0.4, 0.5) is 0 Å². The number of para-hydroxylation sites is 1. The van der Waals surface area contributed by atoms with Crippen LogP contribution in [0.15, 0.2) is 78.9 Å². The molecule has 0 bridgehead atoms. The summed E-state index contributed by atoms with van der Waals surface area (Å²) in [5, 5.41) is 1.61. The van der Waals surface area contributed by atoms with Gasteiger partial charge in [-0.15, -0.1) is 0 Å². The van der Waals surface area contributed by atoms with E-state index < -0.39 is 0 Å². The first-order valence-electron chi connectivity index (χ1n) is 29.7. The van der Waals surface area contributed by atoms with Crippen molar-refractivity contribution in [2.24, 2.45) is 5.41 Å². The van der Waals surface area contributed by atoms with Gasteiger partial charge in [0.2, 0.25) is 0 Å². The number of nitrogens with zero attached hydrogens (tertiary/aromatic N) is 5. The van der Waals surface area contributed by atoms with Crippen molar-refractivity contribution < 1.29 is 18.9 Å². The van der Waals surface area contributed by atoms with Crippen molar-refractivity contribution >= 4 is 33.2 Å². The normalized spacial score (nSPS) is 17.1. The second-order valence-electron chi connectivity index (χ2n) is 22.3. The first-order valence-corrected chi connectivity index (χ1v) is 30.9. The van der Waals surface area contributed by atoms with Gasteiger partial charge in [0.05, 0.1) is 16.8 Å². The maximum atomic E-state index is 5.87. The highest BCUT2D eigenvalue weighted by molar-refractivity contribution is 7.20. The van der Waals surface area contributed by atoms with Crippen molar-refractivity contribution in [1.82, 2.24) is 24.6 Å². The molecule has 1 aromatic heterocycles. The van der Waals surface area contributed by atoms with E-state index in [4.69, 9.17) is 30.5 Å². The molecule has 4 fully saturated rings. The lowest BCUT2D eigenvalue weighted by Crippen LogP contribution is -2.31. The largest absolute Gasteiger partial charge is 0.470 e. The van der Waals surface area contributed by atoms with E-state index in [0.717, 1.165) is 107 Å². The fourth-order valence-electron chi connectivity index (χ4n) is 10.0. The van der Waals surface area contributed by atoms with Gasteiger partial charge in [-0.05, 0) is 202 Å². The molecule has 0 unspecified atom stereocenters. The Kier molecular flexibility index (Phi) is 33.4. The van der Waals surface area contributed by atoms with Gasteiger partial charge in [-0.1, -0.05) is 124 Å². The molecular weight excluding hydrogens is 958 g/mol. The van der Waals surface area contributed by atoms with Crippen LogP contribution in [-0.2, 0) is 27.1 Å². The molecule has 0 radical (unpaired) electrons. The lowest BCUT2D eigenvalue weighted by molar-refractivity contribution is 0.0961. The molecule has 4 aliphatic rings. The monoisotopic (exact) mass is 1060 g/mol. The van der Waals surface area contributed by atoms with Crippen LogP contribution in [0.25, 0.3) is 10.2 Å². The average Bonchev–Trinajstić information content (AvgIpc) is 3.86. The number of ether oxygens (including phenoxy) is 4. The van der Waals surface area contributed by atoms with E-state index >= 15 is 0 Å². The van der Waals surface area contributed by atoms with Crippen LogP contribution >= 0.6 is 22.9 Å². The molecule has 0 saturated carbocycles. The van der Waals surface area contributed by atoms with Gasteiger partial charge in [0.1, 0.15) is 0 Å². The van der Waals surface area contributed by atoms with Crippen LogP contribution in [0.2, 0.25) is 5.02 Å². The fourth-order valence-corrected chi connectivity index (χ4v) is 11.0. The number of aryl methyl sites for hydroxylation is 2. The Labute approximate surface area is 460 Å². The van der Waals surface area contributed by atoms with Crippen LogP contribution in [0, 0.1) is 5.41 Å². The molecule has 11 heteroatoms. The molecule has 0 aliphatic carbocycles. The Morgan fingerprint density at radius 2 is 0.838 bits per heavy atom. The number of piperidine rings is 4. The van der Waals surface area contributed by atoms with E-state index in [9.17, 15) is 0 Å². The first kappa shape index (κ1) is 62.2. The zero-order chi connectivity index (χ0) is 52.0. The van der Waals surface area contributed by atoms with E-state index in [-0.39, 0.29) is 0 Å². The highest BCUT2D eigenvalue weighted by Crippen LogP contribution is 2.27. The van der Waals surface area contributed by atoms with E-state index in [1.807, 2.05) is 30.3 Å². The molecule has 5 heterocycles. The first-order chi connectivity index (χ1) is 36.3. The van der Waals surface area contributed by atoms with Crippen molar-refractivity contribution in [2.45, 2.75) is 156 Å².